The van der Waals surface area contributed by atoms with Crippen molar-refractivity contribution in [1.82, 2.24) is 9.78 Å². The SMILES string of the molecule is Cn1ncc(NCC(F)(F)F)c(Br)c1=O. The molecule has 0 bridgehead atoms. The molecule has 0 amide bonds. The van der Waals surface area contributed by atoms with E-state index in [1.54, 1.807) is 0 Å². The van der Waals surface area contributed by atoms with Crippen molar-refractivity contribution in [3.8, 4) is 0 Å². The molecule has 1 aromatic rings. The predicted octanol–water partition coefficient (Wildman–Crippen LogP) is 1.52. The lowest BCUT2D eigenvalue weighted by atomic mass is 10.4. The molecular weight excluding hydrogens is 279 g/mol. The fourth-order valence-corrected chi connectivity index (χ4v) is 1.33. The molecule has 15 heavy (non-hydrogen) atoms. The highest BCUT2D eigenvalue weighted by molar-refractivity contribution is 9.10. The van der Waals surface area contributed by atoms with Gasteiger partial charge in [0.05, 0.1) is 11.9 Å². The molecule has 0 atom stereocenters. The summed E-state index contributed by atoms with van der Waals surface area (Å²) in [5.74, 6) is 0. The lowest BCUT2D eigenvalue weighted by Gasteiger charge is -2.10. The smallest absolute Gasteiger partial charge is 0.374 e. The van der Waals surface area contributed by atoms with E-state index in [1.807, 2.05) is 0 Å². The van der Waals surface area contributed by atoms with Crippen molar-refractivity contribution in [3.63, 3.8) is 0 Å². The van der Waals surface area contributed by atoms with Crippen molar-refractivity contribution >= 4 is 21.6 Å². The zero-order valence-corrected chi connectivity index (χ0v) is 9.18. The number of hydrogen-bond donors (Lipinski definition) is 1. The molecule has 0 radical (unpaired) electrons. The van der Waals surface area contributed by atoms with Gasteiger partial charge in [-0.25, -0.2) is 4.68 Å². The fourth-order valence-electron chi connectivity index (χ4n) is 0.829. The molecule has 1 heterocycles. The van der Waals surface area contributed by atoms with Crippen molar-refractivity contribution in [2.75, 3.05) is 11.9 Å². The second kappa shape index (κ2) is 4.21. The van der Waals surface area contributed by atoms with E-state index in [9.17, 15) is 18.0 Å². The van der Waals surface area contributed by atoms with E-state index in [4.69, 9.17) is 0 Å². The minimum Gasteiger partial charge on any atom is -0.374 e. The summed E-state index contributed by atoms with van der Waals surface area (Å²) in [5, 5.41) is 5.66. The first kappa shape index (κ1) is 12.0. The van der Waals surface area contributed by atoms with E-state index < -0.39 is 18.3 Å². The van der Waals surface area contributed by atoms with Gasteiger partial charge in [-0.05, 0) is 15.9 Å². The van der Waals surface area contributed by atoms with Crippen LogP contribution in [-0.4, -0.2) is 22.5 Å². The maximum atomic E-state index is 11.9. The lowest BCUT2D eigenvalue weighted by molar-refractivity contribution is -0.115. The van der Waals surface area contributed by atoms with Crippen LogP contribution in [0.15, 0.2) is 15.5 Å². The molecule has 0 saturated heterocycles. The van der Waals surface area contributed by atoms with Gasteiger partial charge in [-0.2, -0.15) is 18.3 Å². The van der Waals surface area contributed by atoms with Gasteiger partial charge >= 0.3 is 6.18 Å². The highest BCUT2D eigenvalue weighted by atomic mass is 79.9. The molecule has 0 spiro atoms. The zero-order valence-electron chi connectivity index (χ0n) is 7.60. The zero-order chi connectivity index (χ0) is 11.6. The molecule has 0 saturated carbocycles. The van der Waals surface area contributed by atoms with Crippen LogP contribution < -0.4 is 10.9 Å². The average Bonchev–Trinajstić information content (AvgIpc) is 2.12. The van der Waals surface area contributed by atoms with Gasteiger partial charge in [0.15, 0.2) is 0 Å². The summed E-state index contributed by atoms with van der Waals surface area (Å²) in [4.78, 5) is 11.2. The third-order valence-electron chi connectivity index (χ3n) is 1.56. The maximum Gasteiger partial charge on any atom is 0.405 e. The van der Waals surface area contributed by atoms with Gasteiger partial charge in [0.25, 0.3) is 5.56 Å². The van der Waals surface area contributed by atoms with Crippen LogP contribution >= 0.6 is 15.9 Å². The molecule has 1 N–H and O–H groups in total. The number of aromatic nitrogens is 2. The van der Waals surface area contributed by atoms with Crippen LogP contribution in [0.1, 0.15) is 0 Å². The van der Waals surface area contributed by atoms with Crippen molar-refractivity contribution < 1.29 is 13.2 Å². The Labute approximate surface area is 91.2 Å². The van der Waals surface area contributed by atoms with Crippen molar-refractivity contribution in [2.45, 2.75) is 6.18 Å². The summed E-state index contributed by atoms with van der Waals surface area (Å²) < 4.78 is 36.7. The molecular formula is C7H7BrF3N3O. The van der Waals surface area contributed by atoms with Gasteiger partial charge in [-0.3, -0.25) is 4.79 Å². The van der Waals surface area contributed by atoms with E-state index in [-0.39, 0.29) is 10.2 Å². The Kier molecular flexibility index (Phi) is 3.38. The Morgan fingerprint density at radius 1 is 1.60 bits per heavy atom. The van der Waals surface area contributed by atoms with Crippen LogP contribution in [-0.2, 0) is 7.05 Å². The molecule has 0 fully saturated rings. The first-order valence-electron chi connectivity index (χ1n) is 3.83. The van der Waals surface area contributed by atoms with Crippen LogP contribution in [0.4, 0.5) is 18.9 Å². The molecule has 8 heteroatoms. The second-order valence-corrected chi connectivity index (χ2v) is 3.56. The van der Waals surface area contributed by atoms with Gasteiger partial charge in [-0.1, -0.05) is 0 Å². The van der Waals surface area contributed by atoms with Crippen LogP contribution in [0, 0.1) is 0 Å². The summed E-state index contributed by atoms with van der Waals surface area (Å²) in [5.41, 5.74) is -0.474. The lowest BCUT2D eigenvalue weighted by Crippen LogP contribution is -2.25. The topological polar surface area (TPSA) is 46.9 Å². The van der Waals surface area contributed by atoms with Gasteiger partial charge < -0.3 is 5.32 Å². The molecule has 0 aliphatic heterocycles. The third-order valence-corrected chi connectivity index (χ3v) is 2.32. The first-order chi connectivity index (χ1) is 6.81. The van der Waals surface area contributed by atoms with E-state index in [0.717, 1.165) is 10.9 Å². The molecule has 0 unspecified atom stereocenters. The largest absolute Gasteiger partial charge is 0.405 e. The molecule has 0 aromatic carbocycles. The first-order valence-corrected chi connectivity index (χ1v) is 4.63. The highest BCUT2D eigenvalue weighted by Gasteiger charge is 2.27. The standard InChI is InChI=1S/C7H7BrF3N3O/c1-14-6(15)5(8)4(2-13-14)12-3-7(9,10)11/h2,12H,3H2,1H3. The number of hydrogen-bond acceptors (Lipinski definition) is 3. The monoisotopic (exact) mass is 285 g/mol. The quantitative estimate of drug-likeness (QED) is 0.896. The van der Waals surface area contributed by atoms with Crippen LogP contribution in [0.5, 0.6) is 0 Å². The highest BCUT2D eigenvalue weighted by Crippen LogP contribution is 2.19. The number of nitrogens with one attached hydrogen (secondary N) is 1. The minimum atomic E-state index is -4.33. The Hall–Kier alpha value is -1.05. The third kappa shape index (κ3) is 3.22. The molecule has 1 rings (SSSR count). The fraction of sp³-hybridized carbons (Fsp3) is 0.429. The summed E-state index contributed by atoms with van der Waals surface area (Å²) >= 11 is 2.90. The summed E-state index contributed by atoms with van der Waals surface area (Å²) in [6.07, 6.45) is -3.18. The summed E-state index contributed by atoms with van der Waals surface area (Å²) in [7, 11) is 1.40. The summed E-state index contributed by atoms with van der Waals surface area (Å²) in [6, 6.07) is 0. The van der Waals surface area contributed by atoms with E-state index in [2.05, 4.69) is 26.3 Å². The number of nitrogens with zero attached hydrogens (tertiary/aromatic N) is 2. The minimum absolute atomic E-state index is 0.0235. The number of halogens is 4. The Morgan fingerprint density at radius 2 is 2.20 bits per heavy atom. The normalized spacial score (nSPS) is 11.5. The maximum absolute atomic E-state index is 11.9. The molecule has 84 valence electrons. The number of aryl methyl sites for hydroxylation is 1. The second-order valence-electron chi connectivity index (χ2n) is 2.77. The molecule has 0 aliphatic carbocycles. The van der Waals surface area contributed by atoms with Crippen LogP contribution in [0.25, 0.3) is 0 Å². The Bertz CT molecular complexity index is 415. The summed E-state index contributed by atoms with van der Waals surface area (Å²) in [6.45, 7) is -1.21. The van der Waals surface area contributed by atoms with E-state index in [0.29, 0.717) is 0 Å². The van der Waals surface area contributed by atoms with E-state index in [1.165, 1.54) is 7.05 Å². The van der Waals surface area contributed by atoms with Crippen LogP contribution in [0.3, 0.4) is 0 Å². The number of alkyl halides is 3. The number of rotatable bonds is 2. The van der Waals surface area contributed by atoms with Gasteiger partial charge in [-0.15, -0.1) is 0 Å². The molecule has 4 nitrogen and oxygen atoms in total. The van der Waals surface area contributed by atoms with Gasteiger partial charge in [0, 0.05) is 7.05 Å². The Morgan fingerprint density at radius 3 is 2.73 bits per heavy atom. The predicted molar refractivity (Wildman–Crippen MR) is 51.7 cm³/mol. The van der Waals surface area contributed by atoms with E-state index >= 15 is 0 Å². The van der Waals surface area contributed by atoms with Crippen molar-refractivity contribution in [2.24, 2.45) is 7.05 Å². The van der Waals surface area contributed by atoms with Crippen molar-refractivity contribution in [1.29, 1.82) is 0 Å². The average molecular weight is 286 g/mol. The Balaban J connectivity index is 2.89. The molecule has 0 aliphatic rings. The van der Waals surface area contributed by atoms with Crippen LogP contribution in [0.2, 0.25) is 0 Å². The van der Waals surface area contributed by atoms with Gasteiger partial charge in [0.1, 0.15) is 11.0 Å². The van der Waals surface area contributed by atoms with Gasteiger partial charge in [0.2, 0.25) is 0 Å². The number of anilines is 1. The van der Waals surface area contributed by atoms with Crippen molar-refractivity contribution in [3.05, 3.63) is 21.0 Å². The molecule has 1 aromatic heterocycles.